The predicted octanol–water partition coefficient (Wildman–Crippen LogP) is 1.18. The fraction of sp³-hybridized carbons (Fsp3) is 0.308. The third-order valence-electron chi connectivity index (χ3n) is 2.85. The maximum Gasteiger partial charge on any atom is 0.346 e. The van der Waals surface area contributed by atoms with Crippen LogP contribution in [0.2, 0.25) is 0 Å². The van der Waals surface area contributed by atoms with Crippen LogP contribution < -0.4 is 5.32 Å². The standard InChI is InChI=1S/C13H14FNO4S/c14-9-2-1-3-10-11(9)8(12(20-10)13(18)19)5-15-4-7(17)6-16/h1-3,7,15-17H,4-6H2,(H,18,19). The molecular formula is C13H14FNO4S. The van der Waals surface area contributed by atoms with E-state index in [1.807, 2.05) is 0 Å². The summed E-state index contributed by atoms with van der Waals surface area (Å²) in [5, 5.41) is 30.2. The summed E-state index contributed by atoms with van der Waals surface area (Å²) < 4.78 is 14.4. The Morgan fingerprint density at radius 1 is 1.45 bits per heavy atom. The van der Waals surface area contributed by atoms with E-state index in [0.29, 0.717) is 15.6 Å². The van der Waals surface area contributed by atoms with Crippen LogP contribution in [0.1, 0.15) is 15.2 Å². The lowest BCUT2D eigenvalue weighted by atomic mass is 10.1. The molecule has 0 aliphatic heterocycles. The summed E-state index contributed by atoms with van der Waals surface area (Å²) in [6, 6.07) is 4.49. The summed E-state index contributed by atoms with van der Waals surface area (Å²) >= 11 is 1.02. The Balaban J connectivity index is 2.34. The first kappa shape index (κ1) is 14.9. The summed E-state index contributed by atoms with van der Waals surface area (Å²) in [6.45, 7) is -0.182. The predicted molar refractivity (Wildman–Crippen MR) is 73.5 cm³/mol. The SMILES string of the molecule is O=C(O)c1sc2cccc(F)c2c1CNCC(O)CO. The molecule has 0 amide bonds. The van der Waals surface area contributed by atoms with Crippen molar-refractivity contribution in [1.82, 2.24) is 5.32 Å². The number of fused-ring (bicyclic) bond motifs is 1. The van der Waals surface area contributed by atoms with Gasteiger partial charge in [-0.3, -0.25) is 0 Å². The van der Waals surface area contributed by atoms with Gasteiger partial charge in [-0.2, -0.15) is 0 Å². The van der Waals surface area contributed by atoms with Gasteiger partial charge in [0.15, 0.2) is 0 Å². The maximum atomic E-state index is 13.9. The Morgan fingerprint density at radius 3 is 2.85 bits per heavy atom. The lowest BCUT2D eigenvalue weighted by Crippen LogP contribution is -2.29. The van der Waals surface area contributed by atoms with Crippen LogP contribution in [0.5, 0.6) is 0 Å². The summed E-state index contributed by atoms with van der Waals surface area (Å²) in [6.07, 6.45) is -0.932. The Bertz CT molecular complexity index is 628. The number of carbonyl (C=O) groups is 1. The third-order valence-corrected chi connectivity index (χ3v) is 4.04. The zero-order chi connectivity index (χ0) is 14.7. The van der Waals surface area contributed by atoms with Gasteiger partial charge >= 0.3 is 5.97 Å². The van der Waals surface area contributed by atoms with Gasteiger partial charge in [0.05, 0.1) is 12.7 Å². The van der Waals surface area contributed by atoms with Crippen molar-refractivity contribution in [2.75, 3.05) is 13.2 Å². The van der Waals surface area contributed by atoms with E-state index in [1.165, 1.54) is 12.1 Å². The minimum Gasteiger partial charge on any atom is -0.477 e. The van der Waals surface area contributed by atoms with E-state index in [2.05, 4.69) is 5.32 Å². The van der Waals surface area contributed by atoms with Gasteiger partial charge in [-0.15, -0.1) is 11.3 Å². The number of aromatic carboxylic acids is 1. The molecule has 2 aromatic rings. The molecule has 2 rings (SSSR count). The number of thiophene rings is 1. The second kappa shape index (κ2) is 6.27. The van der Waals surface area contributed by atoms with Gasteiger partial charge in [0.25, 0.3) is 0 Å². The first-order chi connectivity index (χ1) is 9.54. The Hall–Kier alpha value is -1.54. The van der Waals surface area contributed by atoms with E-state index in [0.717, 1.165) is 11.3 Å². The second-order valence-electron chi connectivity index (χ2n) is 4.30. The number of halogens is 1. The number of hydrogen-bond donors (Lipinski definition) is 4. The zero-order valence-corrected chi connectivity index (χ0v) is 11.3. The number of aliphatic hydroxyl groups is 2. The molecule has 1 unspecified atom stereocenters. The summed E-state index contributed by atoms with van der Waals surface area (Å²) in [5.74, 6) is -1.57. The van der Waals surface area contributed by atoms with E-state index >= 15 is 0 Å². The molecule has 0 radical (unpaired) electrons. The Labute approximate surface area is 118 Å². The van der Waals surface area contributed by atoms with Gasteiger partial charge < -0.3 is 20.6 Å². The number of carboxylic acids is 1. The van der Waals surface area contributed by atoms with Crippen LogP contribution in [-0.2, 0) is 6.54 Å². The van der Waals surface area contributed by atoms with Gasteiger partial charge in [0, 0.05) is 28.7 Å². The van der Waals surface area contributed by atoms with Crippen LogP contribution in [0.15, 0.2) is 18.2 Å². The molecule has 0 bridgehead atoms. The number of carboxylic acid groups (broad SMARTS) is 1. The van der Waals surface area contributed by atoms with Crippen LogP contribution in [-0.4, -0.2) is 40.5 Å². The van der Waals surface area contributed by atoms with Crippen LogP contribution in [0, 0.1) is 5.82 Å². The monoisotopic (exact) mass is 299 g/mol. The quantitative estimate of drug-likeness (QED) is 0.643. The van der Waals surface area contributed by atoms with Gasteiger partial charge in [-0.1, -0.05) is 6.07 Å². The highest BCUT2D eigenvalue weighted by atomic mass is 32.1. The molecule has 5 nitrogen and oxygen atoms in total. The van der Waals surface area contributed by atoms with E-state index in [1.54, 1.807) is 6.07 Å². The molecule has 0 fully saturated rings. The molecule has 0 saturated heterocycles. The molecule has 0 saturated carbocycles. The first-order valence-electron chi connectivity index (χ1n) is 5.97. The number of rotatable bonds is 6. The van der Waals surface area contributed by atoms with E-state index < -0.39 is 24.5 Å². The highest BCUT2D eigenvalue weighted by molar-refractivity contribution is 7.21. The number of aliphatic hydroxyl groups excluding tert-OH is 2. The summed E-state index contributed by atoms with van der Waals surface area (Å²) in [7, 11) is 0. The van der Waals surface area contributed by atoms with Gasteiger partial charge in [0.1, 0.15) is 10.7 Å². The van der Waals surface area contributed by atoms with Crippen LogP contribution in [0.3, 0.4) is 0 Å². The molecule has 0 aliphatic rings. The van der Waals surface area contributed by atoms with Crippen molar-refractivity contribution >= 4 is 27.4 Å². The molecule has 20 heavy (non-hydrogen) atoms. The van der Waals surface area contributed by atoms with Crippen LogP contribution in [0.25, 0.3) is 10.1 Å². The topological polar surface area (TPSA) is 89.8 Å². The van der Waals surface area contributed by atoms with Crippen LogP contribution in [0.4, 0.5) is 4.39 Å². The molecule has 1 aromatic carbocycles. The van der Waals surface area contributed by atoms with Crippen molar-refractivity contribution < 1.29 is 24.5 Å². The smallest absolute Gasteiger partial charge is 0.346 e. The molecule has 1 aromatic heterocycles. The molecule has 0 aliphatic carbocycles. The average molecular weight is 299 g/mol. The minimum absolute atomic E-state index is 0.0797. The Morgan fingerprint density at radius 2 is 2.20 bits per heavy atom. The molecule has 0 spiro atoms. The van der Waals surface area contributed by atoms with Gasteiger partial charge in [-0.25, -0.2) is 9.18 Å². The van der Waals surface area contributed by atoms with Crippen LogP contribution >= 0.6 is 11.3 Å². The fourth-order valence-electron chi connectivity index (χ4n) is 1.94. The molecular weight excluding hydrogens is 285 g/mol. The molecule has 7 heteroatoms. The summed E-state index contributed by atoms with van der Waals surface area (Å²) in [5.41, 5.74) is 0.362. The molecule has 1 atom stereocenters. The van der Waals surface area contributed by atoms with Gasteiger partial charge in [0.2, 0.25) is 0 Å². The van der Waals surface area contributed by atoms with Crippen molar-refractivity contribution in [3.63, 3.8) is 0 Å². The van der Waals surface area contributed by atoms with Crippen molar-refractivity contribution in [3.8, 4) is 0 Å². The fourth-order valence-corrected chi connectivity index (χ4v) is 3.01. The first-order valence-corrected chi connectivity index (χ1v) is 6.79. The number of hydrogen-bond acceptors (Lipinski definition) is 5. The lowest BCUT2D eigenvalue weighted by Gasteiger charge is -2.09. The summed E-state index contributed by atoms with van der Waals surface area (Å²) in [4.78, 5) is 11.3. The van der Waals surface area contributed by atoms with Crippen molar-refractivity contribution in [1.29, 1.82) is 0 Å². The number of nitrogens with one attached hydrogen (secondary N) is 1. The Kier molecular flexibility index (Phi) is 4.66. The normalized spacial score (nSPS) is 12.8. The molecule has 4 N–H and O–H groups in total. The number of benzene rings is 1. The highest BCUT2D eigenvalue weighted by Crippen LogP contribution is 2.33. The van der Waals surface area contributed by atoms with Crippen molar-refractivity contribution in [3.05, 3.63) is 34.5 Å². The minimum atomic E-state index is -1.11. The van der Waals surface area contributed by atoms with Crippen molar-refractivity contribution in [2.24, 2.45) is 0 Å². The van der Waals surface area contributed by atoms with Crippen molar-refractivity contribution in [2.45, 2.75) is 12.6 Å². The third kappa shape index (κ3) is 2.96. The average Bonchev–Trinajstić information content (AvgIpc) is 2.79. The highest BCUT2D eigenvalue weighted by Gasteiger charge is 2.19. The molecule has 1 heterocycles. The van der Waals surface area contributed by atoms with Gasteiger partial charge in [-0.05, 0) is 12.1 Å². The zero-order valence-electron chi connectivity index (χ0n) is 10.5. The molecule has 108 valence electrons. The van der Waals surface area contributed by atoms with E-state index in [4.69, 9.17) is 5.11 Å². The lowest BCUT2D eigenvalue weighted by molar-refractivity contribution is 0.0701. The van der Waals surface area contributed by atoms with E-state index in [-0.39, 0.29) is 18.0 Å². The maximum absolute atomic E-state index is 13.9. The largest absolute Gasteiger partial charge is 0.477 e. The second-order valence-corrected chi connectivity index (χ2v) is 5.35. The van der Waals surface area contributed by atoms with E-state index in [9.17, 15) is 19.4 Å².